The zero-order chi connectivity index (χ0) is 16.9. The molecule has 0 bridgehead atoms. The third-order valence-electron chi connectivity index (χ3n) is 4.34. The van der Waals surface area contributed by atoms with Crippen molar-refractivity contribution >= 4 is 11.6 Å². The van der Waals surface area contributed by atoms with Gasteiger partial charge >= 0.3 is 0 Å². The number of aromatic amines is 1. The van der Waals surface area contributed by atoms with Gasteiger partial charge in [0, 0.05) is 57.3 Å². The molecule has 128 valence electrons. The first-order valence-electron chi connectivity index (χ1n) is 8.16. The van der Waals surface area contributed by atoms with Crippen LogP contribution in [0.15, 0.2) is 30.9 Å². The molecule has 3 rings (SSSR count). The molecule has 1 amide bonds. The molecule has 1 fully saturated rings. The first kappa shape index (κ1) is 16.4. The van der Waals surface area contributed by atoms with E-state index in [2.05, 4.69) is 20.5 Å². The summed E-state index contributed by atoms with van der Waals surface area (Å²) in [6, 6.07) is 1.84. The van der Waals surface area contributed by atoms with Crippen LogP contribution in [0.5, 0.6) is 0 Å². The topological polar surface area (TPSA) is 83.1 Å². The highest BCUT2D eigenvalue weighted by Crippen LogP contribution is 2.32. The number of H-pyrrole nitrogens is 1. The Bertz CT molecular complexity index is 671. The van der Waals surface area contributed by atoms with Gasteiger partial charge in [-0.05, 0) is 18.9 Å². The molecule has 3 heterocycles. The number of carbonyl (C=O) groups is 1. The molecular formula is C17H23N5O2. The second-order valence-corrected chi connectivity index (χ2v) is 6.22. The maximum Gasteiger partial charge on any atom is 0.254 e. The molecule has 0 unspecified atom stereocenters. The highest BCUT2D eigenvalue weighted by Gasteiger charge is 2.28. The third kappa shape index (κ3) is 3.56. The number of aromatic nitrogens is 3. The van der Waals surface area contributed by atoms with E-state index in [4.69, 9.17) is 4.74 Å². The molecule has 1 aliphatic heterocycles. The Morgan fingerprint density at radius 2 is 2.33 bits per heavy atom. The van der Waals surface area contributed by atoms with E-state index < -0.39 is 0 Å². The summed E-state index contributed by atoms with van der Waals surface area (Å²) < 4.78 is 5.90. The van der Waals surface area contributed by atoms with Gasteiger partial charge in [0.1, 0.15) is 0 Å². The van der Waals surface area contributed by atoms with Crippen molar-refractivity contribution in [1.82, 2.24) is 20.5 Å². The number of pyridine rings is 1. The minimum absolute atomic E-state index is 0.0278. The second kappa shape index (κ2) is 7.44. The molecular weight excluding hydrogens is 306 g/mol. The summed E-state index contributed by atoms with van der Waals surface area (Å²) in [5.41, 5.74) is 2.47. The number of ether oxygens (including phenoxy) is 1. The number of nitrogens with one attached hydrogen (secondary N) is 2. The molecule has 0 aliphatic carbocycles. The van der Waals surface area contributed by atoms with Gasteiger partial charge in [-0.2, -0.15) is 5.10 Å². The third-order valence-corrected chi connectivity index (χ3v) is 4.34. The fourth-order valence-corrected chi connectivity index (χ4v) is 3.11. The van der Waals surface area contributed by atoms with Crippen molar-refractivity contribution in [3.8, 4) is 0 Å². The molecule has 2 atom stereocenters. The molecule has 0 radical (unpaired) electrons. The maximum atomic E-state index is 12.6. The Balaban J connectivity index is 1.67. The van der Waals surface area contributed by atoms with Crippen molar-refractivity contribution in [1.29, 1.82) is 0 Å². The molecule has 0 spiro atoms. The minimum Gasteiger partial charge on any atom is -0.377 e. The summed E-state index contributed by atoms with van der Waals surface area (Å²) in [5, 5.41) is 9.87. The lowest BCUT2D eigenvalue weighted by molar-refractivity contribution is -0.0272. The van der Waals surface area contributed by atoms with Gasteiger partial charge in [-0.3, -0.25) is 14.9 Å². The Morgan fingerprint density at radius 3 is 3.08 bits per heavy atom. The van der Waals surface area contributed by atoms with Crippen LogP contribution in [0.3, 0.4) is 0 Å². The van der Waals surface area contributed by atoms with E-state index in [9.17, 15) is 4.79 Å². The molecule has 1 aliphatic rings. The van der Waals surface area contributed by atoms with Gasteiger partial charge in [-0.15, -0.1) is 0 Å². The molecule has 24 heavy (non-hydrogen) atoms. The molecule has 2 aromatic rings. The van der Waals surface area contributed by atoms with E-state index in [1.807, 2.05) is 31.3 Å². The number of hydrogen-bond acceptors (Lipinski definition) is 5. The molecule has 0 aromatic carbocycles. The van der Waals surface area contributed by atoms with Gasteiger partial charge in [-0.1, -0.05) is 0 Å². The number of carbonyl (C=O) groups excluding carboxylic acids is 1. The predicted octanol–water partition coefficient (Wildman–Crippen LogP) is 1.77. The monoisotopic (exact) mass is 329 g/mol. The van der Waals surface area contributed by atoms with Crippen LogP contribution in [-0.2, 0) is 4.74 Å². The lowest BCUT2D eigenvalue weighted by Crippen LogP contribution is -2.35. The summed E-state index contributed by atoms with van der Waals surface area (Å²) in [6.07, 6.45) is 8.94. The van der Waals surface area contributed by atoms with Crippen molar-refractivity contribution in [2.24, 2.45) is 5.92 Å². The number of rotatable bonds is 5. The fourth-order valence-electron chi connectivity index (χ4n) is 3.11. The molecule has 7 nitrogen and oxygen atoms in total. The first-order chi connectivity index (χ1) is 11.7. The summed E-state index contributed by atoms with van der Waals surface area (Å²) in [4.78, 5) is 18.6. The molecule has 2 aromatic heterocycles. The van der Waals surface area contributed by atoms with Crippen LogP contribution >= 0.6 is 0 Å². The van der Waals surface area contributed by atoms with Crippen LogP contribution in [0.2, 0.25) is 0 Å². The second-order valence-electron chi connectivity index (χ2n) is 6.22. The summed E-state index contributed by atoms with van der Waals surface area (Å²) in [7, 11) is 3.83. The van der Waals surface area contributed by atoms with Crippen molar-refractivity contribution in [3.63, 3.8) is 0 Å². The first-order valence-corrected chi connectivity index (χ1v) is 8.16. The number of nitrogens with zero attached hydrogens (tertiary/aromatic N) is 3. The van der Waals surface area contributed by atoms with E-state index in [1.54, 1.807) is 18.6 Å². The zero-order valence-electron chi connectivity index (χ0n) is 14.0. The standard InChI is InChI=1S/C17H23N5O2/c1-22(2)15-5-6-18-11-14(15)17(23)19-8-12-4-3-7-24-16(12)13-9-20-21-10-13/h5-6,9-12,16H,3-4,7-8H2,1-2H3,(H,19,23)(H,20,21)/t12-,16+/m0/s1. The van der Waals surface area contributed by atoms with Crippen molar-refractivity contribution in [3.05, 3.63) is 42.0 Å². The van der Waals surface area contributed by atoms with Gasteiger partial charge in [0.05, 0.1) is 23.6 Å². The highest BCUT2D eigenvalue weighted by atomic mass is 16.5. The van der Waals surface area contributed by atoms with Crippen LogP contribution in [0, 0.1) is 5.92 Å². The molecule has 1 saturated heterocycles. The highest BCUT2D eigenvalue weighted by molar-refractivity contribution is 5.99. The van der Waals surface area contributed by atoms with Gasteiger partial charge in [0.2, 0.25) is 0 Å². The van der Waals surface area contributed by atoms with Crippen LogP contribution in [0.4, 0.5) is 5.69 Å². The van der Waals surface area contributed by atoms with E-state index in [-0.39, 0.29) is 17.9 Å². The van der Waals surface area contributed by atoms with Crippen molar-refractivity contribution < 1.29 is 9.53 Å². The SMILES string of the molecule is CN(C)c1ccncc1C(=O)NC[C@@H]1CCCO[C@H]1c1cn[nH]c1. The predicted molar refractivity (Wildman–Crippen MR) is 90.9 cm³/mol. The Morgan fingerprint density at radius 1 is 1.46 bits per heavy atom. The van der Waals surface area contributed by atoms with Gasteiger partial charge in [0.15, 0.2) is 0 Å². The molecule has 2 N–H and O–H groups in total. The van der Waals surface area contributed by atoms with Gasteiger partial charge in [0.25, 0.3) is 5.91 Å². The number of hydrogen-bond donors (Lipinski definition) is 2. The summed E-state index contributed by atoms with van der Waals surface area (Å²) in [5.74, 6) is 0.128. The Hall–Kier alpha value is -2.41. The van der Waals surface area contributed by atoms with Crippen LogP contribution < -0.4 is 10.2 Å². The van der Waals surface area contributed by atoms with E-state index in [0.717, 1.165) is 30.7 Å². The maximum absolute atomic E-state index is 12.6. The Labute approximate surface area is 141 Å². The van der Waals surface area contributed by atoms with E-state index in [1.165, 1.54) is 0 Å². The van der Waals surface area contributed by atoms with E-state index >= 15 is 0 Å². The number of anilines is 1. The summed E-state index contributed by atoms with van der Waals surface area (Å²) in [6.45, 7) is 1.31. The van der Waals surface area contributed by atoms with Gasteiger partial charge in [-0.25, -0.2) is 0 Å². The van der Waals surface area contributed by atoms with Crippen LogP contribution in [0.1, 0.15) is 34.9 Å². The molecule has 0 saturated carbocycles. The normalized spacial score (nSPS) is 20.6. The average molecular weight is 329 g/mol. The summed E-state index contributed by atoms with van der Waals surface area (Å²) >= 11 is 0. The largest absolute Gasteiger partial charge is 0.377 e. The van der Waals surface area contributed by atoms with Gasteiger partial charge < -0.3 is 15.0 Å². The smallest absolute Gasteiger partial charge is 0.254 e. The quantitative estimate of drug-likeness (QED) is 0.873. The minimum atomic E-state index is -0.108. The van der Waals surface area contributed by atoms with Crippen LogP contribution in [0.25, 0.3) is 0 Å². The average Bonchev–Trinajstić information content (AvgIpc) is 3.14. The Kier molecular flexibility index (Phi) is 5.10. The fraction of sp³-hybridized carbons (Fsp3) is 0.471. The van der Waals surface area contributed by atoms with Crippen LogP contribution in [-0.4, -0.2) is 48.3 Å². The lowest BCUT2D eigenvalue weighted by Gasteiger charge is -2.31. The van der Waals surface area contributed by atoms with Crippen molar-refractivity contribution in [2.75, 3.05) is 32.1 Å². The van der Waals surface area contributed by atoms with E-state index in [0.29, 0.717) is 12.1 Å². The van der Waals surface area contributed by atoms with Crippen molar-refractivity contribution in [2.45, 2.75) is 18.9 Å². The zero-order valence-corrected chi connectivity index (χ0v) is 14.0. The number of amides is 1. The lowest BCUT2D eigenvalue weighted by atomic mass is 9.91. The molecule has 7 heteroatoms.